The molecule has 1 aliphatic rings. The Balaban J connectivity index is 1.85. The monoisotopic (exact) mass is 305 g/mol. The first-order valence-corrected chi connectivity index (χ1v) is 8.61. The molecule has 0 amide bonds. The molecule has 124 valence electrons. The highest BCUT2D eigenvalue weighted by atomic mass is 16.5. The summed E-state index contributed by atoms with van der Waals surface area (Å²) >= 11 is 0. The maximum absolute atomic E-state index is 9.81. The largest absolute Gasteiger partial charge is 0.396 e. The molecule has 3 heteroatoms. The van der Waals surface area contributed by atoms with Gasteiger partial charge >= 0.3 is 0 Å². The summed E-state index contributed by atoms with van der Waals surface area (Å²) in [6, 6.07) is 11.2. The topological polar surface area (TPSA) is 41.5 Å². The molecule has 1 fully saturated rings. The second-order valence-corrected chi connectivity index (χ2v) is 7.03. The van der Waals surface area contributed by atoms with Gasteiger partial charge in [-0.1, -0.05) is 44.2 Å². The Morgan fingerprint density at radius 1 is 1.18 bits per heavy atom. The molecule has 0 spiro atoms. The molecular weight excluding hydrogens is 274 g/mol. The standard InChI is InChI=1S/C19H31NO2/c1-16(2)18(9-8-17-6-4-3-5-7-17)20-14-19(15-21)10-12-22-13-11-19/h3-7,16,18,20-21H,8-15H2,1-2H3. The van der Waals surface area contributed by atoms with Crippen LogP contribution in [0.15, 0.2) is 30.3 Å². The summed E-state index contributed by atoms with van der Waals surface area (Å²) < 4.78 is 5.45. The van der Waals surface area contributed by atoms with Crippen LogP contribution >= 0.6 is 0 Å². The van der Waals surface area contributed by atoms with Crippen LogP contribution in [0.2, 0.25) is 0 Å². The van der Waals surface area contributed by atoms with E-state index in [1.54, 1.807) is 0 Å². The van der Waals surface area contributed by atoms with Crippen molar-refractivity contribution in [1.82, 2.24) is 5.32 Å². The molecule has 2 rings (SSSR count). The SMILES string of the molecule is CC(C)C(CCc1ccccc1)NCC1(CO)CCOCC1. The number of aryl methyl sites for hydroxylation is 1. The minimum atomic E-state index is 0.0120. The number of aliphatic hydroxyl groups excluding tert-OH is 1. The Labute approximate surface area is 135 Å². The summed E-state index contributed by atoms with van der Waals surface area (Å²) in [5.74, 6) is 0.597. The molecule has 0 saturated carbocycles. The van der Waals surface area contributed by atoms with Crippen LogP contribution in [0.3, 0.4) is 0 Å². The second-order valence-electron chi connectivity index (χ2n) is 7.03. The number of ether oxygens (including phenoxy) is 1. The van der Waals surface area contributed by atoms with Crippen molar-refractivity contribution in [3.05, 3.63) is 35.9 Å². The van der Waals surface area contributed by atoms with Gasteiger partial charge in [-0.25, -0.2) is 0 Å². The van der Waals surface area contributed by atoms with Crippen molar-refractivity contribution in [1.29, 1.82) is 0 Å². The highest BCUT2D eigenvalue weighted by molar-refractivity contribution is 5.14. The molecule has 0 aromatic heterocycles. The van der Waals surface area contributed by atoms with E-state index < -0.39 is 0 Å². The fourth-order valence-electron chi connectivity index (χ4n) is 3.18. The molecule has 1 atom stereocenters. The minimum absolute atomic E-state index is 0.0120. The first-order valence-electron chi connectivity index (χ1n) is 8.61. The van der Waals surface area contributed by atoms with Crippen molar-refractivity contribution in [2.24, 2.45) is 11.3 Å². The van der Waals surface area contributed by atoms with Crippen molar-refractivity contribution in [2.75, 3.05) is 26.4 Å². The zero-order valence-electron chi connectivity index (χ0n) is 14.1. The number of benzene rings is 1. The van der Waals surface area contributed by atoms with Crippen molar-refractivity contribution in [3.63, 3.8) is 0 Å². The summed E-state index contributed by atoms with van der Waals surface area (Å²) in [7, 11) is 0. The predicted molar refractivity (Wildman–Crippen MR) is 91.0 cm³/mol. The summed E-state index contributed by atoms with van der Waals surface area (Å²) in [5, 5.41) is 13.5. The first-order chi connectivity index (χ1) is 10.7. The molecule has 0 aliphatic carbocycles. The zero-order valence-corrected chi connectivity index (χ0v) is 14.1. The van der Waals surface area contributed by atoms with Gasteiger partial charge in [-0.15, -0.1) is 0 Å². The van der Waals surface area contributed by atoms with Crippen LogP contribution in [0, 0.1) is 11.3 Å². The zero-order chi connectivity index (χ0) is 15.8. The summed E-state index contributed by atoms with van der Waals surface area (Å²) in [4.78, 5) is 0. The average molecular weight is 305 g/mol. The Morgan fingerprint density at radius 2 is 1.86 bits per heavy atom. The lowest BCUT2D eigenvalue weighted by molar-refractivity contribution is -0.0173. The molecule has 0 radical (unpaired) electrons. The van der Waals surface area contributed by atoms with Crippen molar-refractivity contribution in [3.8, 4) is 0 Å². The van der Waals surface area contributed by atoms with Crippen LogP contribution in [-0.2, 0) is 11.2 Å². The Bertz CT molecular complexity index is 413. The van der Waals surface area contributed by atoms with Gasteiger partial charge < -0.3 is 15.2 Å². The van der Waals surface area contributed by atoms with Crippen molar-refractivity contribution >= 4 is 0 Å². The second kappa shape index (κ2) is 8.66. The van der Waals surface area contributed by atoms with Gasteiger partial charge in [0, 0.05) is 31.2 Å². The lowest BCUT2D eigenvalue weighted by Gasteiger charge is -2.37. The Morgan fingerprint density at radius 3 is 2.45 bits per heavy atom. The van der Waals surface area contributed by atoms with Gasteiger partial charge in [0.1, 0.15) is 0 Å². The maximum Gasteiger partial charge on any atom is 0.0501 e. The van der Waals surface area contributed by atoms with Crippen LogP contribution in [-0.4, -0.2) is 37.5 Å². The van der Waals surface area contributed by atoms with E-state index in [4.69, 9.17) is 4.74 Å². The van der Waals surface area contributed by atoms with E-state index in [0.29, 0.717) is 12.0 Å². The summed E-state index contributed by atoms with van der Waals surface area (Å²) in [6.45, 7) is 7.26. The summed E-state index contributed by atoms with van der Waals surface area (Å²) in [5.41, 5.74) is 1.41. The van der Waals surface area contributed by atoms with E-state index in [9.17, 15) is 5.11 Å². The van der Waals surface area contributed by atoms with Gasteiger partial charge in [-0.05, 0) is 37.2 Å². The normalized spacial score (nSPS) is 19.3. The molecule has 1 saturated heterocycles. The van der Waals surface area contributed by atoms with Gasteiger partial charge in [-0.3, -0.25) is 0 Å². The van der Waals surface area contributed by atoms with E-state index in [0.717, 1.165) is 45.4 Å². The molecule has 3 nitrogen and oxygen atoms in total. The van der Waals surface area contributed by atoms with E-state index in [-0.39, 0.29) is 12.0 Å². The van der Waals surface area contributed by atoms with Crippen LogP contribution < -0.4 is 5.32 Å². The molecule has 1 unspecified atom stereocenters. The summed E-state index contributed by atoms with van der Waals surface area (Å²) in [6.07, 6.45) is 4.16. The molecule has 1 heterocycles. The first kappa shape index (κ1) is 17.5. The van der Waals surface area contributed by atoms with Crippen LogP contribution in [0.5, 0.6) is 0 Å². The predicted octanol–water partition coefficient (Wildman–Crippen LogP) is 3.02. The molecular formula is C19H31NO2. The third-order valence-electron chi connectivity index (χ3n) is 5.02. The smallest absolute Gasteiger partial charge is 0.0501 e. The number of rotatable bonds is 8. The number of nitrogens with one attached hydrogen (secondary N) is 1. The quantitative estimate of drug-likeness (QED) is 0.776. The Kier molecular flexibility index (Phi) is 6.87. The van der Waals surface area contributed by atoms with E-state index in [1.165, 1.54) is 5.56 Å². The number of aliphatic hydroxyl groups is 1. The molecule has 1 aromatic carbocycles. The van der Waals surface area contributed by atoms with Gasteiger partial charge in [0.25, 0.3) is 0 Å². The van der Waals surface area contributed by atoms with E-state index in [1.807, 2.05) is 0 Å². The van der Waals surface area contributed by atoms with Crippen molar-refractivity contribution < 1.29 is 9.84 Å². The van der Waals surface area contributed by atoms with Crippen molar-refractivity contribution in [2.45, 2.75) is 45.6 Å². The molecule has 1 aromatic rings. The molecule has 2 N–H and O–H groups in total. The lowest BCUT2D eigenvalue weighted by Crippen LogP contribution is -2.46. The fraction of sp³-hybridized carbons (Fsp3) is 0.684. The molecule has 22 heavy (non-hydrogen) atoms. The third-order valence-corrected chi connectivity index (χ3v) is 5.02. The minimum Gasteiger partial charge on any atom is -0.396 e. The van der Waals surface area contributed by atoms with Gasteiger partial charge in [0.15, 0.2) is 0 Å². The number of hydrogen-bond donors (Lipinski definition) is 2. The van der Waals surface area contributed by atoms with Gasteiger partial charge in [0.2, 0.25) is 0 Å². The van der Waals surface area contributed by atoms with E-state index in [2.05, 4.69) is 49.5 Å². The highest BCUT2D eigenvalue weighted by Crippen LogP contribution is 2.29. The van der Waals surface area contributed by atoms with Crippen LogP contribution in [0.4, 0.5) is 0 Å². The van der Waals surface area contributed by atoms with Crippen LogP contribution in [0.25, 0.3) is 0 Å². The molecule has 1 aliphatic heterocycles. The maximum atomic E-state index is 9.81. The Hall–Kier alpha value is -0.900. The van der Waals surface area contributed by atoms with Crippen LogP contribution in [0.1, 0.15) is 38.7 Å². The lowest BCUT2D eigenvalue weighted by atomic mass is 9.80. The highest BCUT2D eigenvalue weighted by Gasteiger charge is 2.32. The third kappa shape index (κ3) is 5.08. The fourth-order valence-corrected chi connectivity index (χ4v) is 3.18. The van der Waals surface area contributed by atoms with Gasteiger partial charge in [-0.2, -0.15) is 0 Å². The van der Waals surface area contributed by atoms with E-state index >= 15 is 0 Å². The molecule has 0 bridgehead atoms. The number of hydrogen-bond acceptors (Lipinski definition) is 3. The average Bonchev–Trinajstić information content (AvgIpc) is 2.56. The van der Waals surface area contributed by atoms with Gasteiger partial charge in [0.05, 0.1) is 6.61 Å².